The van der Waals surface area contributed by atoms with Crippen LogP contribution in [0.15, 0.2) is 48.6 Å². The average Bonchev–Trinajstić information content (AvgIpc) is 3.04. The van der Waals surface area contributed by atoms with Crippen molar-refractivity contribution >= 4 is 23.7 Å². The molecule has 1 aliphatic rings. The fourth-order valence-corrected chi connectivity index (χ4v) is 6.43. The van der Waals surface area contributed by atoms with E-state index < -0.39 is 6.16 Å². The molecule has 10 heteroatoms. The number of likely N-dealkylation sites (tertiary alicyclic amines) is 1. The van der Waals surface area contributed by atoms with Gasteiger partial charge in [0.15, 0.2) is 17.5 Å². The molecule has 48 heavy (non-hydrogen) atoms. The Kier molecular flexibility index (Phi) is 17.7. The number of ether oxygens (including phenoxy) is 3. The number of anilines is 1. The predicted octanol–water partition coefficient (Wildman–Crippen LogP) is 4.64. The fraction of sp³-hybridized carbons (Fsp3) is 0.553. The second-order valence-electron chi connectivity index (χ2n) is 13.0. The first kappa shape index (κ1) is 40.8. The number of rotatable bonds is 17. The number of halogens is 1. The highest BCUT2D eigenvalue weighted by molar-refractivity contribution is 5.95. The van der Waals surface area contributed by atoms with Crippen molar-refractivity contribution in [1.29, 1.82) is 0 Å². The first-order chi connectivity index (χ1) is 22.6. The van der Waals surface area contributed by atoms with Gasteiger partial charge in [-0.3, -0.25) is 9.59 Å². The molecular weight excluding hydrogens is 674 g/mol. The number of hydrogen-bond acceptors (Lipinski definition) is 6. The van der Waals surface area contributed by atoms with Crippen molar-refractivity contribution in [1.82, 2.24) is 5.32 Å². The summed E-state index contributed by atoms with van der Waals surface area (Å²) in [5.74, 6) is 1.18. The van der Waals surface area contributed by atoms with Crippen LogP contribution in [0.2, 0.25) is 0 Å². The highest BCUT2D eigenvalue weighted by Gasteiger charge is 2.43. The van der Waals surface area contributed by atoms with E-state index in [2.05, 4.69) is 43.6 Å². The molecule has 9 nitrogen and oxygen atoms in total. The molecule has 0 aliphatic carbocycles. The monoisotopic (exact) mass is 729 g/mol. The van der Waals surface area contributed by atoms with Gasteiger partial charge in [-0.15, -0.1) is 0 Å². The molecule has 0 spiro atoms. The van der Waals surface area contributed by atoms with Crippen molar-refractivity contribution < 1.29 is 50.1 Å². The van der Waals surface area contributed by atoms with Crippen LogP contribution in [0.25, 0.3) is 0 Å². The van der Waals surface area contributed by atoms with Gasteiger partial charge in [0.2, 0.25) is 5.91 Å². The summed E-state index contributed by atoms with van der Waals surface area (Å²) in [4.78, 5) is 38.8. The van der Waals surface area contributed by atoms with Crippen LogP contribution >= 0.6 is 0 Å². The number of hydrogen-bond donors (Lipinski definition) is 2. The molecule has 0 bridgehead atoms. The molecular formula is C38H56BrN3O6. The zero-order chi connectivity index (χ0) is 34.2. The summed E-state index contributed by atoms with van der Waals surface area (Å²) in [7, 11) is 1.50. The summed E-state index contributed by atoms with van der Waals surface area (Å²) >= 11 is 0. The summed E-state index contributed by atoms with van der Waals surface area (Å²) in [6.07, 6.45) is 10.6. The fourth-order valence-electron chi connectivity index (χ4n) is 6.43. The summed E-state index contributed by atoms with van der Waals surface area (Å²) in [5.41, 5.74) is 3.79. The van der Waals surface area contributed by atoms with Crippen molar-refractivity contribution in [2.75, 3.05) is 38.7 Å². The lowest BCUT2D eigenvalue weighted by atomic mass is 9.96. The van der Waals surface area contributed by atoms with Crippen LogP contribution in [0.5, 0.6) is 11.5 Å². The van der Waals surface area contributed by atoms with E-state index in [9.17, 15) is 14.4 Å². The first-order valence-corrected chi connectivity index (χ1v) is 17.3. The lowest BCUT2D eigenvalue weighted by Gasteiger charge is -2.46. The Morgan fingerprint density at radius 3 is 2.46 bits per heavy atom. The molecule has 2 aromatic carbocycles. The Labute approximate surface area is 298 Å². The molecule has 3 rings (SSSR count). The number of unbranched alkanes of at least 4 members (excludes halogenated alkanes) is 2. The lowest BCUT2D eigenvalue weighted by Crippen LogP contribution is -3.00. The number of methoxy groups -OCH3 is 1. The summed E-state index contributed by atoms with van der Waals surface area (Å²) in [6, 6.07) is 11.0. The minimum Gasteiger partial charge on any atom is -1.00 e. The summed E-state index contributed by atoms with van der Waals surface area (Å²) < 4.78 is 17.1. The molecule has 1 heterocycles. The molecule has 1 fully saturated rings. The number of nitrogens with zero attached hydrogens (tertiary/aromatic N) is 1. The third kappa shape index (κ3) is 12.6. The maximum Gasteiger partial charge on any atom is 0.514 e. The van der Waals surface area contributed by atoms with Crippen LogP contribution < -0.4 is 37.1 Å². The molecule has 1 aliphatic heterocycles. The van der Waals surface area contributed by atoms with Crippen molar-refractivity contribution in [2.45, 2.75) is 98.6 Å². The van der Waals surface area contributed by atoms with E-state index >= 15 is 0 Å². The zero-order valence-corrected chi connectivity index (χ0v) is 31.3. The molecule has 2 N–H and O–H groups in total. The number of nitrogens with one attached hydrogen (secondary N) is 2. The quantitative estimate of drug-likeness (QED) is 0.0810. The molecule has 1 unspecified atom stereocenters. The van der Waals surface area contributed by atoms with Gasteiger partial charge in [0.25, 0.3) is 5.91 Å². The van der Waals surface area contributed by atoms with Gasteiger partial charge in [-0.05, 0) is 87.1 Å². The number of amides is 2. The molecule has 0 aromatic heterocycles. The maximum absolute atomic E-state index is 13.7. The Hall–Kier alpha value is -3.37. The van der Waals surface area contributed by atoms with Crippen LogP contribution in [-0.2, 0) is 20.9 Å². The summed E-state index contributed by atoms with van der Waals surface area (Å²) in [6.45, 7) is 13.1. The Morgan fingerprint density at radius 1 is 1.02 bits per heavy atom. The van der Waals surface area contributed by atoms with E-state index in [1.54, 1.807) is 18.2 Å². The van der Waals surface area contributed by atoms with E-state index in [-0.39, 0.29) is 47.2 Å². The molecule has 266 valence electrons. The number of quaternary nitrogens is 1. The third-order valence-corrected chi connectivity index (χ3v) is 8.91. The Bertz CT molecular complexity index is 1340. The van der Waals surface area contributed by atoms with Crippen LogP contribution in [0, 0.1) is 19.8 Å². The number of benzene rings is 2. The topological polar surface area (TPSA) is 103 Å². The van der Waals surface area contributed by atoms with Crippen molar-refractivity contribution in [3.63, 3.8) is 0 Å². The van der Waals surface area contributed by atoms with E-state index in [4.69, 9.17) is 14.2 Å². The average molecular weight is 731 g/mol. The Balaban J connectivity index is 0.00000800. The number of aryl methyl sites for hydroxylation is 2. The molecule has 2 atom stereocenters. The normalized spacial score (nSPS) is 17.4. The van der Waals surface area contributed by atoms with Gasteiger partial charge in [-0.2, -0.15) is 0 Å². The first-order valence-electron chi connectivity index (χ1n) is 17.3. The van der Waals surface area contributed by atoms with Gasteiger partial charge < -0.3 is 46.3 Å². The van der Waals surface area contributed by atoms with E-state index in [0.29, 0.717) is 35.7 Å². The van der Waals surface area contributed by atoms with Gasteiger partial charge >= 0.3 is 6.16 Å². The molecule has 1 saturated heterocycles. The maximum atomic E-state index is 13.7. The van der Waals surface area contributed by atoms with Crippen LogP contribution in [0.4, 0.5) is 10.5 Å². The second kappa shape index (κ2) is 20.9. The van der Waals surface area contributed by atoms with Gasteiger partial charge in [-0.1, -0.05) is 57.2 Å². The van der Waals surface area contributed by atoms with E-state index in [0.717, 1.165) is 80.4 Å². The Morgan fingerprint density at radius 2 is 1.77 bits per heavy atom. The van der Waals surface area contributed by atoms with Crippen molar-refractivity contribution in [2.24, 2.45) is 5.92 Å². The van der Waals surface area contributed by atoms with Crippen molar-refractivity contribution in [3.8, 4) is 11.5 Å². The molecule has 2 aromatic rings. The number of carbonyl (C=O) groups is 3. The van der Waals surface area contributed by atoms with Gasteiger partial charge in [0, 0.05) is 25.1 Å². The number of allylic oxidation sites excluding steroid dienone is 2. The van der Waals surface area contributed by atoms with Crippen LogP contribution in [0.1, 0.15) is 88.8 Å². The smallest absolute Gasteiger partial charge is 0.514 e. The second-order valence-corrected chi connectivity index (χ2v) is 13.0. The molecule has 0 radical (unpaired) electrons. The largest absolute Gasteiger partial charge is 1.00 e. The van der Waals surface area contributed by atoms with Crippen molar-refractivity contribution in [3.05, 3.63) is 65.2 Å². The highest BCUT2D eigenvalue weighted by Crippen LogP contribution is 2.30. The number of para-hydroxylation sites is 1. The van der Waals surface area contributed by atoms with Gasteiger partial charge in [0.05, 0.1) is 20.2 Å². The zero-order valence-electron chi connectivity index (χ0n) is 29.7. The minimum absolute atomic E-state index is 0. The molecule has 0 saturated carbocycles. The molecule has 2 amide bonds. The predicted molar refractivity (Wildman–Crippen MR) is 187 cm³/mol. The van der Waals surface area contributed by atoms with E-state index in [1.165, 1.54) is 7.11 Å². The van der Waals surface area contributed by atoms with Crippen LogP contribution in [0.3, 0.4) is 0 Å². The number of piperidine rings is 1. The van der Waals surface area contributed by atoms with Gasteiger partial charge in [-0.25, -0.2) is 4.79 Å². The minimum atomic E-state index is -0.823. The third-order valence-electron chi connectivity index (χ3n) is 8.91. The highest BCUT2D eigenvalue weighted by atomic mass is 79.9. The van der Waals surface area contributed by atoms with Crippen LogP contribution in [-0.4, -0.2) is 61.8 Å². The van der Waals surface area contributed by atoms with Gasteiger partial charge in [0.1, 0.15) is 13.2 Å². The summed E-state index contributed by atoms with van der Waals surface area (Å²) in [5, 5.41) is 6.17. The standard InChI is InChI=1S/C38H55N3O6.BrH/c1-7-22-41(23-13-12-18-32(41)37(43)40-36-29(4)16-14-17-30(36)5)24-25-46-38(44)47-33-21-20-31(26-34(33)45-6)27-39-35(42)19-11-9-8-10-15-28(2)3;/h10,14-17,20-21,26,28,32H,7-9,11-13,18-19,22-25,27H2,1-6H3,(H-,39,40,42,43);1H/b15-10+;/t32-,41?;/m0./s1. The SMILES string of the molecule is CCC[N+]1(CCOC(=O)Oc2ccc(CNC(=O)CCCC/C=C/C(C)C)cc2OC)CCCC[C@H]1C(=O)Nc1c(C)cccc1C.[Br-]. The number of carbonyl (C=O) groups excluding carboxylic acids is 3. The lowest BCUT2D eigenvalue weighted by molar-refractivity contribution is -0.947. The van der Waals surface area contributed by atoms with E-state index in [1.807, 2.05) is 32.0 Å².